The summed E-state index contributed by atoms with van der Waals surface area (Å²) in [5.41, 5.74) is 8.10. The second-order valence-corrected chi connectivity index (χ2v) is 5.15. The third-order valence-electron chi connectivity index (χ3n) is 3.14. The number of nitrogens with zero attached hydrogens (tertiary/aromatic N) is 5. The first-order valence-corrected chi connectivity index (χ1v) is 7.07. The standard InChI is InChI=1S/C15H14ClN7/c1-10-2-3-11(16)8-12(10)22-14-13(19)15(21-9-20-14)23(6-4-17)7-5-18/h2-3,8-9H,6-7,19H2,1H3,(H,20,21,22). The van der Waals surface area contributed by atoms with E-state index in [0.29, 0.717) is 16.7 Å². The molecule has 0 aliphatic carbocycles. The van der Waals surface area contributed by atoms with Gasteiger partial charge in [0.1, 0.15) is 25.1 Å². The van der Waals surface area contributed by atoms with E-state index >= 15 is 0 Å². The average Bonchev–Trinajstić information content (AvgIpc) is 2.53. The summed E-state index contributed by atoms with van der Waals surface area (Å²) in [7, 11) is 0. The molecule has 1 heterocycles. The largest absolute Gasteiger partial charge is 0.393 e. The Labute approximate surface area is 138 Å². The Bertz CT molecular complexity index is 775. The molecule has 1 aromatic heterocycles. The number of anilines is 4. The van der Waals surface area contributed by atoms with Gasteiger partial charge in [-0.3, -0.25) is 0 Å². The van der Waals surface area contributed by atoms with Crippen LogP contribution in [0.3, 0.4) is 0 Å². The number of rotatable bonds is 5. The van der Waals surface area contributed by atoms with E-state index in [2.05, 4.69) is 15.3 Å². The maximum Gasteiger partial charge on any atom is 0.159 e. The molecule has 0 spiro atoms. The molecular formula is C15H14ClN7. The first-order chi connectivity index (χ1) is 11.1. The van der Waals surface area contributed by atoms with E-state index in [-0.39, 0.29) is 18.8 Å². The van der Waals surface area contributed by atoms with Gasteiger partial charge in [0.25, 0.3) is 0 Å². The molecule has 7 nitrogen and oxygen atoms in total. The number of nitrogen functional groups attached to an aromatic ring is 1. The maximum atomic E-state index is 8.87. The highest BCUT2D eigenvalue weighted by Crippen LogP contribution is 2.30. The summed E-state index contributed by atoms with van der Waals surface area (Å²) in [6, 6.07) is 9.40. The van der Waals surface area contributed by atoms with Crippen molar-refractivity contribution in [3.05, 3.63) is 35.1 Å². The van der Waals surface area contributed by atoms with Gasteiger partial charge in [0.05, 0.1) is 12.1 Å². The van der Waals surface area contributed by atoms with Crippen molar-refractivity contribution in [3.8, 4) is 12.1 Å². The number of halogens is 1. The van der Waals surface area contributed by atoms with Gasteiger partial charge >= 0.3 is 0 Å². The van der Waals surface area contributed by atoms with E-state index < -0.39 is 0 Å². The molecule has 0 amide bonds. The van der Waals surface area contributed by atoms with Gasteiger partial charge < -0.3 is 16.0 Å². The number of aromatic nitrogens is 2. The van der Waals surface area contributed by atoms with Crippen molar-refractivity contribution < 1.29 is 0 Å². The zero-order chi connectivity index (χ0) is 16.8. The minimum Gasteiger partial charge on any atom is -0.393 e. The Morgan fingerprint density at radius 3 is 2.61 bits per heavy atom. The van der Waals surface area contributed by atoms with E-state index in [4.69, 9.17) is 27.9 Å². The van der Waals surface area contributed by atoms with Crippen molar-refractivity contribution in [1.82, 2.24) is 9.97 Å². The molecule has 2 aromatic rings. The van der Waals surface area contributed by atoms with Crippen LogP contribution in [-0.4, -0.2) is 23.1 Å². The molecule has 0 saturated carbocycles. The molecule has 3 N–H and O–H groups in total. The van der Waals surface area contributed by atoms with Crippen LogP contribution in [0.1, 0.15) is 5.56 Å². The average molecular weight is 328 g/mol. The lowest BCUT2D eigenvalue weighted by molar-refractivity contribution is 0.929. The van der Waals surface area contributed by atoms with Gasteiger partial charge in [-0.05, 0) is 24.6 Å². The van der Waals surface area contributed by atoms with Crippen LogP contribution in [0.25, 0.3) is 0 Å². The molecule has 0 bridgehead atoms. The zero-order valence-electron chi connectivity index (χ0n) is 12.4. The Morgan fingerprint density at radius 2 is 1.96 bits per heavy atom. The maximum absolute atomic E-state index is 8.87. The number of hydrogen-bond acceptors (Lipinski definition) is 7. The molecule has 2 rings (SSSR count). The molecule has 1 aromatic carbocycles. The van der Waals surface area contributed by atoms with Crippen LogP contribution < -0.4 is 16.0 Å². The van der Waals surface area contributed by atoms with E-state index in [0.717, 1.165) is 11.3 Å². The highest BCUT2D eigenvalue weighted by Gasteiger charge is 2.15. The smallest absolute Gasteiger partial charge is 0.159 e. The first-order valence-electron chi connectivity index (χ1n) is 6.69. The molecule has 0 aliphatic heterocycles. The van der Waals surface area contributed by atoms with Crippen LogP contribution in [0.4, 0.5) is 23.0 Å². The predicted molar refractivity (Wildman–Crippen MR) is 89.4 cm³/mol. The summed E-state index contributed by atoms with van der Waals surface area (Å²) in [6.45, 7) is 1.93. The number of nitrogens with two attached hydrogens (primary N) is 1. The molecule has 8 heteroatoms. The molecule has 0 aliphatic rings. The predicted octanol–water partition coefficient (Wildman–Crippen LogP) is 2.62. The fourth-order valence-electron chi connectivity index (χ4n) is 1.97. The number of benzene rings is 1. The van der Waals surface area contributed by atoms with Crippen molar-refractivity contribution in [2.75, 3.05) is 29.0 Å². The van der Waals surface area contributed by atoms with Gasteiger partial charge in [0, 0.05) is 10.7 Å². The second kappa shape index (κ2) is 7.30. The molecule has 0 fully saturated rings. The summed E-state index contributed by atoms with van der Waals surface area (Å²) < 4.78 is 0. The zero-order valence-corrected chi connectivity index (χ0v) is 13.2. The third-order valence-corrected chi connectivity index (χ3v) is 3.37. The Kier molecular flexibility index (Phi) is 5.19. The Hall–Kier alpha value is -3.03. The van der Waals surface area contributed by atoms with E-state index in [9.17, 15) is 0 Å². The summed E-state index contributed by atoms with van der Waals surface area (Å²) in [6.07, 6.45) is 1.33. The Morgan fingerprint density at radius 1 is 1.26 bits per heavy atom. The summed E-state index contributed by atoms with van der Waals surface area (Å²) in [5.74, 6) is 0.728. The molecule has 0 radical (unpaired) electrons. The lowest BCUT2D eigenvalue weighted by Crippen LogP contribution is -2.26. The van der Waals surface area contributed by atoms with Crippen molar-refractivity contribution >= 4 is 34.6 Å². The number of hydrogen-bond donors (Lipinski definition) is 2. The number of aryl methyl sites for hydroxylation is 1. The minimum atomic E-state index is 0.00437. The van der Waals surface area contributed by atoms with Crippen LogP contribution in [0.5, 0.6) is 0 Å². The normalized spacial score (nSPS) is 9.74. The van der Waals surface area contributed by atoms with E-state index in [1.807, 2.05) is 25.1 Å². The van der Waals surface area contributed by atoms with Crippen molar-refractivity contribution in [1.29, 1.82) is 10.5 Å². The molecule has 0 unspecified atom stereocenters. The van der Waals surface area contributed by atoms with Crippen LogP contribution in [-0.2, 0) is 0 Å². The van der Waals surface area contributed by atoms with E-state index in [1.54, 1.807) is 12.1 Å². The van der Waals surface area contributed by atoms with Gasteiger partial charge in [-0.15, -0.1) is 0 Å². The van der Waals surface area contributed by atoms with Crippen LogP contribution in [0.2, 0.25) is 5.02 Å². The highest BCUT2D eigenvalue weighted by molar-refractivity contribution is 6.30. The van der Waals surface area contributed by atoms with Gasteiger partial charge in [-0.1, -0.05) is 17.7 Å². The molecule has 0 atom stereocenters. The van der Waals surface area contributed by atoms with Gasteiger partial charge in [-0.2, -0.15) is 10.5 Å². The first kappa shape index (κ1) is 16.3. The van der Waals surface area contributed by atoms with Crippen molar-refractivity contribution in [2.45, 2.75) is 6.92 Å². The highest BCUT2D eigenvalue weighted by atomic mass is 35.5. The van der Waals surface area contributed by atoms with Crippen LogP contribution >= 0.6 is 11.6 Å². The fourth-order valence-corrected chi connectivity index (χ4v) is 2.14. The van der Waals surface area contributed by atoms with Gasteiger partial charge in [0.15, 0.2) is 11.6 Å². The summed E-state index contributed by atoms with van der Waals surface area (Å²) in [5, 5.41) is 21.4. The lowest BCUT2D eigenvalue weighted by atomic mass is 10.2. The number of nitriles is 2. The SMILES string of the molecule is Cc1ccc(Cl)cc1Nc1ncnc(N(CC#N)CC#N)c1N. The summed E-state index contributed by atoms with van der Waals surface area (Å²) in [4.78, 5) is 9.68. The van der Waals surface area contributed by atoms with Crippen LogP contribution in [0.15, 0.2) is 24.5 Å². The third kappa shape index (κ3) is 3.79. The monoisotopic (exact) mass is 327 g/mol. The fraction of sp³-hybridized carbons (Fsp3) is 0.200. The van der Waals surface area contributed by atoms with Crippen molar-refractivity contribution in [2.24, 2.45) is 0 Å². The topological polar surface area (TPSA) is 115 Å². The molecule has 0 saturated heterocycles. The van der Waals surface area contributed by atoms with Crippen molar-refractivity contribution in [3.63, 3.8) is 0 Å². The van der Waals surface area contributed by atoms with Gasteiger partial charge in [-0.25, -0.2) is 9.97 Å². The Balaban J connectivity index is 2.38. The van der Waals surface area contributed by atoms with Crippen LogP contribution in [0, 0.1) is 29.6 Å². The molecular weight excluding hydrogens is 314 g/mol. The minimum absolute atomic E-state index is 0.00437. The molecule has 23 heavy (non-hydrogen) atoms. The number of nitrogens with one attached hydrogen (secondary N) is 1. The summed E-state index contributed by atoms with van der Waals surface area (Å²) >= 11 is 6.00. The lowest BCUT2D eigenvalue weighted by Gasteiger charge is -2.20. The second-order valence-electron chi connectivity index (χ2n) is 4.72. The van der Waals surface area contributed by atoms with Gasteiger partial charge in [0.2, 0.25) is 0 Å². The quantitative estimate of drug-likeness (QED) is 0.811. The molecule has 116 valence electrons. The van der Waals surface area contributed by atoms with E-state index in [1.165, 1.54) is 11.2 Å².